The molecule has 8 rings (SSSR count). The van der Waals surface area contributed by atoms with Gasteiger partial charge in [0.25, 0.3) is 5.92 Å². The van der Waals surface area contributed by atoms with E-state index in [1.54, 1.807) is 38.8 Å². The standard InChI is InChI=1S/C48H56F2N10O5S/c1-27(30-6-8-32(9-7-30)41-28(2)53-26-66-41)54-44(63)37-21-34(61)24-60(37)46(65)42(47(3,4)5)57-43(62)35-22-36(35)45(64)58-15-11-31(12-16-58)33-19-39(55-38-18-29(23-51)10-14-52-38)56-40(20-33)59-17-13-48(49,50)25-59/h6-10,14,18-20,26-27,31,34-37,42,61H,11-13,15-17,21-22,24-25H2,1-5H3,(H,54,63)(H,57,62)(H,52,55,56)/t27-,34+,35+,36-,37-,42+/m0/s1. The van der Waals surface area contributed by atoms with Crippen LogP contribution in [-0.2, 0) is 19.2 Å². The number of aromatic nitrogens is 3. The summed E-state index contributed by atoms with van der Waals surface area (Å²) in [6.45, 7) is 9.82. The highest BCUT2D eigenvalue weighted by atomic mass is 32.1. The van der Waals surface area contributed by atoms with Gasteiger partial charge in [0, 0.05) is 45.2 Å². The topological polar surface area (TPSA) is 197 Å². The molecule has 3 aliphatic heterocycles. The van der Waals surface area contributed by atoms with Gasteiger partial charge in [-0.05, 0) is 85.4 Å². The summed E-state index contributed by atoms with van der Waals surface area (Å²) < 4.78 is 28.6. The fraction of sp³-hybridized carbons (Fsp3) is 0.500. The zero-order valence-electron chi connectivity index (χ0n) is 37.8. The second kappa shape index (κ2) is 18.7. The number of nitrogens with one attached hydrogen (secondary N) is 3. The Morgan fingerprint density at radius 1 is 0.955 bits per heavy atom. The van der Waals surface area contributed by atoms with Crippen molar-refractivity contribution in [2.75, 3.05) is 42.9 Å². The van der Waals surface area contributed by atoms with Crippen molar-refractivity contribution >= 4 is 52.4 Å². The number of aliphatic hydroxyl groups is 1. The number of pyridine rings is 2. The van der Waals surface area contributed by atoms with Gasteiger partial charge in [-0.1, -0.05) is 45.0 Å². The quantitative estimate of drug-likeness (QED) is 0.129. The number of β-amino-alcohol motifs (C(OH)–C–C–N with tert-alkyl or cyclic N) is 1. The van der Waals surface area contributed by atoms with Crippen LogP contribution in [0.25, 0.3) is 10.4 Å². The number of likely N-dealkylation sites (tertiary alicyclic amines) is 2. The van der Waals surface area contributed by atoms with Gasteiger partial charge in [0.2, 0.25) is 23.6 Å². The highest BCUT2D eigenvalue weighted by Gasteiger charge is 2.52. The normalized spacial score (nSPS) is 22.6. The van der Waals surface area contributed by atoms with Crippen molar-refractivity contribution in [3.05, 3.63) is 82.6 Å². The predicted octanol–water partition coefficient (Wildman–Crippen LogP) is 6.08. The van der Waals surface area contributed by atoms with Crippen LogP contribution < -0.4 is 20.9 Å². The van der Waals surface area contributed by atoms with Gasteiger partial charge >= 0.3 is 0 Å². The van der Waals surface area contributed by atoms with Crippen LogP contribution in [0.1, 0.15) is 94.1 Å². The summed E-state index contributed by atoms with van der Waals surface area (Å²) in [6.07, 6.45) is 1.92. The number of piperidine rings is 1. The summed E-state index contributed by atoms with van der Waals surface area (Å²) in [7, 11) is 0. The van der Waals surface area contributed by atoms with Crippen LogP contribution in [-0.4, -0.2) is 110 Å². The van der Waals surface area contributed by atoms with Gasteiger partial charge in [0.15, 0.2) is 0 Å². The predicted molar refractivity (Wildman–Crippen MR) is 245 cm³/mol. The molecule has 0 bridgehead atoms. The van der Waals surface area contributed by atoms with E-state index < -0.39 is 65.6 Å². The lowest BCUT2D eigenvalue weighted by Crippen LogP contribution is -2.58. The summed E-state index contributed by atoms with van der Waals surface area (Å²) in [4.78, 5) is 74.8. The molecule has 1 aliphatic carbocycles. The number of nitrogens with zero attached hydrogens (tertiary/aromatic N) is 7. The maximum Gasteiger partial charge on any atom is 0.266 e. The van der Waals surface area contributed by atoms with Crippen LogP contribution in [0.5, 0.6) is 0 Å². The van der Waals surface area contributed by atoms with E-state index in [4.69, 9.17) is 0 Å². The number of alkyl halides is 2. The number of rotatable bonds is 12. The van der Waals surface area contributed by atoms with Crippen LogP contribution in [0.3, 0.4) is 0 Å². The highest BCUT2D eigenvalue weighted by Crippen LogP contribution is 2.43. The minimum absolute atomic E-state index is 0.00150. The number of thiazole rings is 1. The molecule has 4 amide bonds. The van der Waals surface area contributed by atoms with Gasteiger partial charge in [-0.25, -0.2) is 23.7 Å². The third kappa shape index (κ3) is 10.3. The molecule has 3 saturated heterocycles. The Hall–Kier alpha value is -6.06. The highest BCUT2D eigenvalue weighted by molar-refractivity contribution is 7.13. The third-order valence-electron chi connectivity index (χ3n) is 13.2. The van der Waals surface area contributed by atoms with Crippen molar-refractivity contribution in [1.82, 2.24) is 35.4 Å². The molecule has 3 aromatic heterocycles. The smallest absolute Gasteiger partial charge is 0.266 e. The number of carbonyl (C=O) groups is 4. The van der Waals surface area contributed by atoms with Crippen LogP contribution >= 0.6 is 11.3 Å². The number of halogens is 2. The van der Waals surface area contributed by atoms with Crippen molar-refractivity contribution in [3.63, 3.8) is 0 Å². The number of anilines is 3. The minimum Gasteiger partial charge on any atom is -0.391 e. The van der Waals surface area contributed by atoms with Crippen molar-refractivity contribution in [3.8, 4) is 16.5 Å². The van der Waals surface area contributed by atoms with Gasteiger partial charge in [-0.15, -0.1) is 11.3 Å². The van der Waals surface area contributed by atoms with Crippen molar-refractivity contribution in [1.29, 1.82) is 5.26 Å². The first-order chi connectivity index (χ1) is 31.4. The Bertz CT molecular complexity index is 2520. The summed E-state index contributed by atoms with van der Waals surface area (Å²) in [5.74, 6) is -4.18. The molecule has 6 atom stereocenters. The molecule has 18 heteroatoms. The Morgan fingerprint density at radius 3 is 2.35 bits per heavy atom. The maximum absolute atomic E-state index is 14.3. The molecule has 4 aromatic rings. The lowest BCUT2D eigenvalue weighted by molar-refractivity contribution is -0.144. The van der Waals surface area contributed by atoms with Crippen molar-refractivity contribution in [2.45, 2.75) is 103 Å². The molecule has 4 fully saturated rings. The Labute approximate surface area is 387 Å². The fourth-order valence-corrected chi connectivity index (χ4v) is 10.1. The van der Waals surface area contributed by atoms with Crippen LogP contribution in [0.2, 0.25) is 0 Å². The van der Waals surface area contributed by atoms with E-state index in [0.29, 0.717) is 55.4 Å². The first-order valence-electron chi connectivity index (χ1n) is 22.5. The number of hydrogen-bond donors (Lipinski definition) is 4. The summed E-state index contributed by atoms with van der Waals surface area (Å²) >= 11 is 1.56. The van der Waals surface area contributed by atoms with Gasteiger partial charge in [-0.3, -0.25) is 19.2 Å². The number of nitriles is 1. The second-order valence-electron chi connectivity index (χ2n) is 19.2. The lowest BCUT2D eigenvalue weighted by atomic mass is 9.85. The number of aliphatic hydroxyl groups excluding tert-OH is 1. The van der Waals surface area contributed by atoms with Crippen molar-refractivity contribution in [2.24, 2.45) is 17.3 Å². The Balaban J connectivity index is 0.875. The zero-order valence-corrected chi connectivity index (χ0v) is 38.6. The molecule has 4 aliphatic rings. The molecule has 0 spiro atoms. The van der Waals surface area contributed by atoms with Crippen LogP contribution in [0.15, 0.2) is 60.2 Å². The average Bonchev–Trinajstić information content (AvgIpc) is 3.59. The largest absolute Gasteiger partial charge is 0.391 e. The summed E-state index contributed by atoms with van der Waals surface area (Å²) in [6, 6.07) is 14.5. The number of carbonyl (C=O) groups excluding carboxylic acids is 4. The lowest BCUT2D eigenvalue weighted by Gasteiger charge is -2.35. The third-order valence-corrected chi connectivity index (χ3v) is 14.2. The van der Waals surface area contributed by atoms with Gasteiger partial charge in [0.1, 0.15) is 29.5 Å². The van der Waals surface area contributed by atoms with E-state index in [2.05, 4.69) is 37.0 Å². The number of aryl methyl sites for hydroxylation is 1. The fourth-order valence-electron chi connectivity index (χ4n) is 9.32. The Kier molecular flexibility index (Phi) is 13.1. The zero-order chi connectivity index (χ0) is 47.1. The number of benzene rings is 1. The Morgan fingerprint density at radius 2 is 1.70 bits per heavy atom. The molecular weight excluding hydrogens is 867 g/mol. The van der Waals surface area contributed by atoms with Gasteiger partial charge in [0.05, 0.1) is 58.2 Å². The molecule has 1 aromatic carbocycles. The number of amides is 4. The van der Waals surface area contributed by atoms with E-state index in [0.717, 1.165) is 27.3 Å². The maximum atomic E-state index is 14.3. The first-order valence-corrected chi connectivity index (χ1v) is 23.4. The summed E-state index contributed by atoms with van der Waals surface area (Å²) in [5.41, 5.74) is 5.18. The molecule has 1 saturated carbocycles. The van der Waals surface area contributed by atoms with E-state index in [9.17, 15) is 38.3 Å². The van der Waals surface area contributed by atoms with E-state index in [1.165, 1.54) is 11.1 Å². The molecule has 0 radical (unpaired) electrons. The van der Waals surface area contributed by atoms with Crippen LogP contribution in [0, 0.1) is 35.5 Å². The molecule has 4 N–H and O–H groups in total. The van der Waals surface area contributed by atoms with Gasteiger partial charge in [-0.2, -0.15) is 5.26 Å². The van der Waals surface area contributed by atoms with Gasteiger partial charge < -0.3 is 35.8 Å². The molecular formula is C48H56F2N10O5S. The molecule has 6 heterocycles. The van der Waals surface area contributed by atoms with Crippen LogP contribution in [0.4, 0.5) is 26.2 Å². The molecule has 348 valence electrons. The van der Waals surface area contributed by atoms with Crippen molar-refractivity contribution < 1.29 is 33.1 Å². The average molecular weight is 923 g/mol. The molecule has 66 heavy (non-hydrogen) atoms. The molecule has 0 unspecified atom stereocenters. The summed E-state index contributed by atoms with van der Waals surface area (Å²) in [5, 5.41) is 29.2. The van der Waals surface area contributed by atoms with E-state index >= 15 is 0 Å². The van der Waals surface area contributed by atoms with E-state index in [-0.39, 0.29) is 43.8 Å². The SMILES string of the molecule is Cc1ncsc1-c1ccc([C@H](C)NC(=O)[C@@H]2C[C@@H](O)CN2C(=O)[C@@H](NC(=O)[C@@H]2C[C@@H]2C(=O)N2CCC(c3cc(Nc4cc(C#N)ccn4)nc(N4CCC(F)(F)C4)c3)CC2)C(C)(C)C)cc1. The number of hydrogen-bond acceptors (Lipinski definition) is 12. The minimum atomic E-state index is -2.82. The second-order valence-corrected chi connectivity index (χ2v) is 20.1. The van der Waals surface area contributed by atoms with E-state index in [1.807, 2.05) is 71.0 Å². The monoisotopic (exact) mass is 922 g/mol. The molecule has 15 nitrogen and oxygen atoms in total. The first kappa shape index (κ1) is 46.5.